The second kappa shape index (κ2) is 10.4. The van der Waals surface area contributed by atoms with E-state index in [-0.39, 0.29) is 16.9 Å². The zero-order valence-corrected chi connectivity index (χ0v) is 23.4. The molecule has 4 heteroatoms. The second-order valence-electron chi connectivity index (χ2n) is 12.0. The molecular formula is C32H40N2OS. The summed E-state index contributed by atoms with van der Waals surface area (Å²) < 4.78 is 0. The van der Waals surface area contributed by atoms with Gasteiger partial charge < -0.3 is 10.0 Å². The third-order valence-corrected chi connectivity index (χ3v) is 7.66. The van der Waals surface area contributed by atoms with Crippen LogP contribution in [-0.4, -0.2) is 46.1 Å². The molecule has 0 atom stereocenters. The fourth-order valence-corrected chi connectivity index (χ4v) is 5.45. The highest BCUT2D eigenvalue weighted by Gasteiger charge is 2.30. The molecule has 0 bridgehead atoms. The van der Waals surface area contributed by atoms with Gasteiger partial charge in [0.25, 0.3) is 0 Å². The Morgan fingerprint density at radius 2 is 1.14 bits per heavy atom. The monoisotopic (exact) mass is 500 g/mol. The lowest BCUT2D eigenvalue weighted by molar-refractivity contribution is 0.152. The highest BCUT2D eigenvalue weighted by molar-refractivity contribution is 7.80. The van der Waals surface area contributed by atoms with Gasteiger partial charge in [-0.1, -0.05) is 114 Å². The van der Waals surface area contributed by atoms with Gasteiger partial charge in [-0.2, -0.15) is 0 Å². The lowest BCUT2D eigenvalue weighted by atomic mass is 9.78. The first kappa shape index (κ1) is 26.4. The highest BCUT2D eigenvalue weighted by atomic mass is 32.1. The van der Waals surface area contributed by atoms with E-state index in [0.717, 1.165) is 47.9 Å². The maximum Gasteiger partial charge on any atom is 0.123 e. The number of piperazine rings is 1. The molecule has 1 aliphatic rings. The van der Waals surface area contributed by atoms with E-state index >= 15 is 0 Å². The minimum absolute atomic E-state index is 0.174. The lowest BCUT2D eigenvalue weighted by Crippen LogP contribution is -2.49. The SMILES string of the molecule is CC(C)(C)c1cc(C(=S)N2CCN(C(c3ccccc3)c3ccccc3)CC2)cc(C(C)(C)C)c1O. The van der Waals surface area contributed by atoms with E-state index in [0.29, 0.717) is 5.75 Å². The van der Waals surface area contributed by atoms with Gasteiger partial charge in [0, 0.05) is 42.9 Å². The number of thiocarbonyl (C=S) groups is 1. The lowest BCUT2D eigenvalue weighted by Gasteiger charge is -2.41. The molecule has 4 rings (SSSR count). The van der Waals surface area contributed by atoms with Gasteiger partial charge in [-0.15, -0.1) is 0 Å². The normalized spacial score (nSPS) is 15.4. The number of aromatic hydroxyl groups is 1. The van der Waals surface area contributed by atoms with Crippen LogP contribution in [0, 0.1) is 0 Å². The summed E-state index contributed by atoms with van der Waals surface area (Å²) in [5.41, 5.74) is 5.25. The van der Waals surface area contributed by atoms with Gasteiger partial charge in [0.05, 0.1) is 6.04 Å². The zero-order chi connectivity index (χ0) is 26.1. The van der Waals surface area contributed by atoms with Crippen molar-refractivity contribution < 1.29 is 5.11 Å². The molecule has 0 aliphatic carbocycles. The molecular weight excluding hydrogens is 460 g/mol. The Morgan fingerprint density at radius 3 is 1.53 bits per heavy atom. The molecule has 0 amide bonds. The molecule has 190 valence electrons. The van der Waals surface area contributed by atoms with Crippen molar-refractivity contribution in [2.24, 2.45) is 0 Å². The first-order chi connectivity index (χ1) is 17.0. The van der Waals surface area contributed by atoms with Crippen LogP contribution in [-0.2, 0) is 10.8 Å². The third kappa shape index (κ3) is 5.66. The molecule has 1 saturated heterocycles. The van der Waals surface area contributed by atoms with Crippen molar-refractivity contribution in [3.05, 3.63) is 101 Å². The average Bonchev–Trinajstić information content (AvgIpc) is 2.84. The molecule has 3 aromatic rings. The molecule has 36 heavy (non-hydrogen) atoms. The van der Waals surface area contributed by atoms with Gasteiger partial charge in [0.2, 0.25) is 0 Å². The highest BCUT2D eigenvalue weighted by Crippen LogP contribution is 2.40. The second-order valence-corrected chi connectivity index (χ2v) is 12.4. The van der Waals surface area contributed by atoms with Crippen molar-refractivity contribution in [2.75, 3.05) is 26.2 Å². The van der Waals surface area contributed by atoms with Crippen molar-refractivity contribution in [2.45, 2.75) is 58.4 Å². The van der Waals surface area contributed by atoms with Gasteiger partial charge in [-0.25, -0.2) is 0 Å². The zero-order valence-electron chi connectivity index (χ0n) is 22.6. The van der Waals surface area contributed by atoms with E-state index in [1.807, 2.05) is 0 Å². The molecule has 3 aromatic carbocycles. The first-order valence-electron chi connectivity index (χ1n) is 13.0. The van der Waals surface area contributed by atoms with E-state index < -0.39 is 0 Å². The van der Waals surface area contributed by atoms with Crippen LogP contribution in [0.5, 0.6) is 5.75 Å². The molecule has 1 fully saturated rings. The van der Waals surface area contributed by atoms with Crippen molar-refractivity contribution in [1.82, 2.24) is 9.80 Å². The number of hydrogen-bond acceptors (Lipinski definition) is 3. The van der Waals surface area contributed by atoms with Gasteiger partial charge in [-0.05, 0) is 34.1 Å². The molecule has 0 aromatic heterocycles. The first-order valence-corrected chi connectivity index (χ1v) is 13.4. The molecule has 1 heterocycles. The number of rotatable bonds is 4. The van der Waals surface area contributed by atoms with Crippen molar-refractivity contribution in [3.63, 3.8) is 0 Å². The summed E-state index contributed by atoms with van der Waals surface area (Å²) in [6.07, 6.45) is 0. The summed E-state index contributed by atoms with van der Waals surface area (Å²) in [7, 11) is 0. The molecule has 1 N–H and O–H groups in total. The Hall–Kier alpha value is -2.69. The topological polar surface area (TPSA) is 26.7 Å². The van der Waals surface area contributed by atoms with Crippen molar-refractivity contribution >= 4 is 17.2 Å². The number of phenols is 1. The summed E-state index contributed by atoms with van der Waals surface area (Å²) in [6.45, 7) is 16.5. The van der Waals surface area contributed by atoms with Crippen LogP contribution in [0.15, 0.2) is 72.8 Å². The number of hydrogen-bond donors (Lipinski definition) is 1. The molecule has 0 radical (unpaired) electrons. The Labute approximate surface area is 222 Å². The van der Waals surface area contributed by atoms with Gasteiger partial charge in [0.1, 0.15) is 10.7 Å². The number of benzene rings is 3. The smallest absolute Gasteiger partial charge is 0.123 e. The van der Waals surface area contributed by atoms with E-state index in [4.69, 9.17) is 12.2 Å². The molecule has 3 nitrogen and oxygen atoms in total. The maximum absolute atomic E-state index is 11.1. The fourth-order valence-electron chi connectivity index (χ4n) is 5.15. The minimum Gasteiger partial charge on any atom is -0.507 e. The Bertz CT molecular complexity index is 1110. The number of phenolic OH excluding ortho intramolecular Hbond substituents is 1. The molecule has 0 saturated carbocycles. The van der Waals surface area contributed by atoms with Crippen LogP contribution in [0.25, 0.3) is 0 Å². The van der Waals surface area contributed by atoms with Crippen LogP contribution in [0.3, 0.4) is 0 Å². The Kier molecular flexibility index (Phi) is 7.59. The van der Waals surface area contributed by atoms with Crippen molar-refractivity contribution in [1.29, 1.82) is 0 Å². The fraction of sp³-hybridized carbons (Fsp3) is 0.406. The van der Waals surface area contributed by atoms with E-state index in [9.17, 15) is 5.11 Å². The Morgan fingerprint density at radius 1 is 0.722 bits per heavy atom. The molecule has 0 unspecified atom stereocenters. The quantitative estimate of drug-likeness (QED) is 0.388. The Balaban J connectivity index is 1.58. The summed E-state index contributed by atoms with van der Waals surface area (Å²) in [5, 5.41) is 11.1. The summed E-state index contributed by atoms with van der Waals surface area (Å²) in [5.74, 6) is 0.403. The third-order valence-electron chi connectivity index (χ3n) is 7.17. The average molecular weight is 501 g/mol. The van der Waals surface area contributed by atoms with Crippen LogP contribution in [0.4, 0.5) is 0 Å². The molecule has 1 aliphatic heterocycles. The number of nitrogens with zero attached hydrogens (tertiary/aromatic N) is 2. The summed E-state index contributed by atoms with van der Waals surface area (Å²) in [4.78, 5) is 5.79. The summed E-state index contributed by atoms with van der Waals surface area (Å²) >= 11 is 6.07. The van der Waals surface area contributed by atoms with Crippen LogP contribution in [0.1, 0.15) is 75.4 Å². The predicted octanol–water partition coefficient (Wildman–Crippen LogP) is 7.07. The minimum atomic E-state index is -0.174. The van der Waals surface area contributed by atoms with E-state index in [2.05, 4.69) is 124 Å². The maximum atomic E-state index is 11.1. The van der Waals surface area contributed by atoms with Gasteiger partial charge in [0.15, 0.2) is 0 Å². The largest absolute Gasteiger partial charge is 0.507 e. The van der Waals surface area contributed by atoms with Gasteiger partial charge >= 0.3 is 0 Å². The van der Waals surface area contributed by atoms with E-state index in [1.165, 1.54) is 11.1 Å². The van der Waals surface area contributed by atoms with Crippen LogP contribution < -0.4 is 0 Å². The molecule has 0 spiro atoms. The van der Waals surface area contributed by atoms with Crippen LogP contribution in [0.2, 0.25) is 0 Å². The van der Waals surface area contributed by atoms with Gasteiger partial charge in [-0.3, -0.25) is 4.90 Å². The predicted molar refractivity (Wildman–Crippen MR) is 155 cm³/mol. The van der Waals surface area contributed by atoms with E-state index in [1.54, 1.807) is 0 Å². The standard InChI is InChI=1S/C32H40N2OS/c1-31(2,3)26-21-25(22-27(29(26)35)32(4,5)6)30(36)34-19-17-33(18-20-34)28(23-13-9-7-10-14-23)24-15-11-8-12-16-24/h7-16,21-22,28,35H,17-20H2,1-6H3. The van der Waals surface area contributed by atoms with Crippen LogP contribution >= 0.6 is 12.2 Å². The summed E-state index contributed by atoms with van der Waals surface area (Å²) in [6, 6.07) is 26.0. The van der Waals surface area contributed by atoms with Crippen molar-refractivity contribution in [3.8, 4) is 5.75 Å².